The smallest absolute Gasteiger partial charge is 0.279 e. The maximum atomic E-state index is 5.78. The first-order chi connectivity index (χ1) is 14.9. The minimum absolute atomic E-state index is 0.289. The van der Waals surface area contributed by atoms with Crippen molar-refractivity contribution < 1.29 is 14.5 Å². The standard InChI is InChI=1S/C22H27N5O2S/c1-2-6-16-15(5-1)17-18-19(20(25-13-24-18)23-12-14-4-3-9-29-14)30-22(17)26-21(16)27-7-10-28-11-8-27/h13-14H,1-12H2,(H,23,24,25)/p+1/t14-/m0/s1. The first kappa shape index (κ1) is 18.7. The molecule has 1 atom stereocenters. The van der Waals surface area contributed by atoms with Crippen molar-refractivity contribution in [2.45, 2.75) is 44.6 Å². The molecule has 3 aromatic rings. The van der Waals surface area contributed by atoms with Crippen molar-refractivity contribution in [3.8, 4) is 0 Å². The number of fused-ring (bicyclic) bond motifs is 5. The number of ether oxygens (including phenoxy) is 2. The second-order valence-electron chi connectivity index (χ2n) is 8.46. The number of hydrogen-bond donors (Lipinski definition) is 1. The summed E-state index contributed by atoms with van der Waals surface area (Å²) in [4.78, 5) is 16.8. The van der Waals surface area contributed by atoms with Gasteiger partial charge in [-0.2, -0.15) is 0 Å². The molecule has 0 spiro atoms. The van der Waals surface area contributed by atoms with Crippen LogP contribution in [-0.2, 0) is 22.3 Å². The Morgan fingerprint density at radius 3 is 2.80 bits per heavy atom. The summed E-state index contributed by atoms with van der Waals surface area (Å²) >= 11 is 1.78. The number of aryl methyl sites for hydroxylation is 1. The van der Waals surface area contributed by atoms with Gasteiger partial charge < -0.3 is 14.8 Å². The molecule has 0 bridgehead atoms. The molecule has 0 aromatic carbocycles. The quantitative estimate of drug-likeness (QED) is 0.691. The van der Waals surface area contributed by atoms with E-state index in [0.717, 1.165) is 81.2 Å². The number of hydrogen-bond acceptors (Lipinski definition) is 7. The van der Waals surface area contributed by atoms with Crippen molar-refractivity contribution in [1.82, 2.24) is 9.97 Å². The lowest BCUT2D eigenvalue weighted by atomic mass is 9.90. The summed E-state index contributed by atoms with van der Waals surface area (Å²) in [6.07, 6.45) is 9.05. The van der Waals surface area contributed by atoms with Gasteiger partial charge in [-0.3, -0.25) is 4.90 Å². The van der Waals surface area contributed by atoms with Crippen LogP contribution in [0.2, 0.25) is 0 Å². The molecule has 3 aromatic heterocycles. The number of anilines is 2. The summed E-state index contributed by atoms with van der Waals surface area (Å²) in [6, 6.07) is 0. The summed E-state index contributed by atoms with van der Waals surface area (Å²) in [7, 11) is 0. The Labute approximate surface area is 179 Å². The van der Waals surface area contributed by atoms with Gasteiger partial charge in [-0.25, -0.2) is 15.0 Å². The van der Waals surface area contributed by atoms with Gasteiger partial charge in [0.25, 0.3) is 5.82 Å². The van der Waals surface area contributed by atoms with Crippen molar-refractivity contribution >= 4 is 43.4 Å². The first-order valence-electron chi connectivity index (χ1n) is 11.2. The summed E-state index contributed by atoms with van der Waals surface area (Å²) in [6.45, 7) is 5.19. The van der Waals surface area contributed by atoms with Crippen LogP contribution >= 0.6 is 11.3 Å². The number of pyridine rings is 1. The van der Waals surface area contributed by atoms with Gasteiger partial charge in [0.2, 0.25) is 0 Å². The third-order valence-corrected chi connectivity index (χ3v) is 7.71. The Balaban J connectivity index is 1.46. The topological polar surface area (TPSA) is 73.7 Å². The summed E-state index contributed by atoms with van der Waals surface area (Å²) < 4.78 is 12.5. The maximum Gasteiger partial charge on any atom is 0.279 e. The lowest BCUT2D eigenvalue weighted by Gasteiger charge is -2.25. The van der Waals surface area contributed by atoms with Gasteiger partial charge in [0, 0.05) is 18.7 Å². The van der Waals surface area contributed by atoms with Gasteiger partial charge in [-0.05, 0) is 44.1 Å². The highest BCUT2D eigenvalue weighted by Gasteiger charge is 2.30. The SMILES string of the molecule is c1nc(NC[C@@H]2CCCO2)c2sc3[nH+]c(N4CCOCC4)c4c(c3c2n1)CCCC4. The minimum Gasteiger partial charge on any atom is -0.376 e. The molecule has 2 aliphatic heterocycles. The predicted molar refractivity (Wildman–Crippen MR) is 119 cm³/mol. The van der Waals surface area contributed by atoms with Gasteiger partial charge in [0.15, 0.2) is 4.83 Å². The zero-order chi connectivity index (χ0) is 19.9. The van der Waals surface area contributed by atoms with Gasteiger partial charge in [-0.15, -0.1) is 0 Å². The fourth-order valence-electron chi connectivity index (χ4n) is 5.10. The number of nitrogens with zero attached hydrogens (tertiary/aromatic N) is 3. The fourth-order valence-corrected chi connectivity index (χ4v) is 6.25. The van der Waals surface area contributed by atoms with E-state index >= 15 is 0 Å². The molecule has 158 valence electrons. The number of aromatic nitrogens is 3. The molecule has 3 aliphatic rings. The number of morpholine rings is 1. The molecule has 0 unspecified atom stereocenters. The highest BCUT2D eigenvalue weighted by atomic mass is 32.1. The third kappa shape index (κ3) is 3.21. The normalized spacial score (nSPS) is 22.0. The van der Waals surface area contributed by atoms with Gasteiger partial charge >= 0.3 is 0 Å². The Hall–Kier alpha value is -2.03. The molecule has 1 aliphatic carbocycles. The van der Waals surface area contributed by atoms with Crippen molar-refractivity contribution in [1.29, 1.82) is 0 Å². The fraction of sp³-hybridized carbons (Fsp3) is 0.591. The average molecular weight is 427 g/mol. The number of H-pyrrole nitrogens is 1. The van der Waals surface area contributed by atoms with Crippen molar-refractivity contribution in [3.63, 3.8) is 0 Å². The molecule has 6 rings (SSSR count). The van der Waals surface area contributed by atoms with Crippen LogP contribution in [-0.4, -0.2) is 55.5 Å². The largest absolute Gasteiger partial charge is 0.376 e. The average Bonchev–Trinajstić information content (AvgIpc) is 3.45. The van der Waals surface area contributed by atoms with Gasteiger partial charge in [-0.1, -0.05) is 11.3 Å². The van der Waals surface area contributed by atoms with Crippen LogP contribution < -0.4 is 15.2 Å². The summed E-state index contributed by atoms with van der Waals surface area (Å²) in [5.74, 6) is 2.23. The molecular formula is C22H28N5O2S+. The lowest BCUT2D eigenvalue weighted by Crippen LogP contribution is -2.40. The molecule has 0 amide bonds. The molecule has 2 fully saturated rings. The highest BCUT2D eigenvalue weighted by molar-refractivity contribution is 7.25. The molecule has 0 saturated carbocycles. The van der Waals surface area contributed by atoms with Crippen molar-refractivity contribution in [2.24, 2.45) is 0 Å². The monoisotopic (exact) mass is 426 g/mol. The Bertz CT molecular complexity index is 1070. The molecule has 0 radical (unpaired) electrons. The Morgan fingerprint density at radius 2 is 1.97 bits per heavy atom. The van der Waals surface area contributed by atoms with Crippen LogP contribution in [0.5, 0.6) is 0 Å². The molecule has 5 heterocycles. The number of thiophene rings is 1. The van der Waals surface area contributed by atoms with Crippen LogP contribution in [0, 0.1) is 0 Å². The van der Waals surface area contributed by atoms with Crippen molar-refractivity contribution in [2.75, 3.05) is 49.7 Å². The predicted octanol–water partition coefficient (Wildman–Crippen LogP) is 2.96. The van der Waals surface area contributed by atoms with E-state index in [9.17, 15) is 0 Å². The first-order valence-corrected chi connectivity index (χ1v) is 12.0. The van der Waals surface area contributed by atoms with E-state index in [2.05, 4.69) is 20.2 Å². The van der Waals surface area contributed by atoms with Crippen LogP contribution in [0.15, 0.2) is 6.33 Å². The van der Waals surface area contributed by atoms with E-state index in [-0.39, 0.29) is 6.10 Å². The van der Waals surface area contributed by atoms with Crippen LogP contribution in [0.3, 0.4) is 0 Å². The zero-order valence-electron chi connectivity index (χ0n) is 17.2. The minimum atomic E-state index is 0.289. The van der Waals surface area contributed by atoms with E-state index in [4.69, 9.17) is 14.5 Å². The second kappa shape index (κ2) is 7.90. The van der Waals surface area contributed by atoms with Crippen LogP contribution in [0.1, 0.15) is 36.8 Å². The van der Waals surface area contributed by atoms with Gasteiger partial charge in [0.1, 0.15) is 29.9 Å². The molecule has 30 heavy (non-hydrogen) atoms. The maximum absolute atomic E-state index is 5.78. The number of aromatic amines is 1. The molecule has 2 saturated heterocycles. The van der Waals surface area contributed by atoms with Crippen LogP contribution in [0.4, 0.5) is 11.6 Å². The zero-order valence-corrected chi connectivity index (χ0v) is 18.0. The summed E-state index contributed by atoms with van der Waals surface area (Å²) in [5, 5.41) is 4.85. The lowest BCUT2D eigenvalue weighted by molar-refractivity contribution is -0.328. The Kier molecular flexibility index (Phi) is 4.93. The molecule has 2 N–H and O–H groups in total. The van der Waals surface area contributed by atoms with E-state index in [1.165, 1.54) is 40.0 Å². The number of nitrogens with one attached hydrogen (secondary N) is 2. The van der Waals surface area contributed by atoms with Gasteiger partial charge in [0.05, 0.1) is 30.2 Å². The highest BCUT2D eigenvalue weighted by Crippen LogP contribution is 2.41. The molecule has 7 nitrogen and oxygen atoms in total. The Morgan fingerprint density at radius 1 is 1.10 bits per heavy atom. The van der Waals surface area contributed by atoms with E-state index in [0.29, 0.717) is 0 Å². The van der Waals surface area contributed by atoms with Crippen LogP contribution in [0.25, 0.3) is 20.4 Å². The van der Waals surface area contributed by atoms with Crippen molar-refractivity contribution in [3.05, 3.63) is 17.5 Å². The third-order valence-electron chi connectivity index (χ3n) is 6.61. The molecule has 8 heteroatoms. The van der Waals surface area contributed by atoms with E-state index < -0.39 is 0 Å². The number of rotatable bonds is 4. The second-order valence-corrected chi connectivity index (χ2v) is 9.48. The molecular weight excluding hydrogens is 398 g/mol. The van der Waals surface area contributed by atoms with E-state index in [1.54, 1.807) is 17.7 Å². The van der Waals surface area contributed by atoms with E-state index in [1.807, 2.05) is 0 Å². The summed E-state index contributed by atoms with van der Waals surface area (Å²) in [5.41, 5.74) is 4.07.